The number of hydrogen-bond donors (Lipinski definition) is 1. The van der Waals surface area contributed by atoms with Crippen LogP contribution in [0.1, 0.15) is 46.2 Å². The van der Waals surface area contributed by atoms with Crippen LogP contribution in [0, 0.1) is 18.8 Å². The molecule has 200 valence electrons. The van der Waals surface area contributed by atoms with Crippen LogP contribution in [0.15, 0.2) is 64.0 Å². The SMILES string of the molecule is CSC(CO)(Cc1cccs1)C1CCC1C(=O)c1nn(C2CC=C(Cl)C=C2Cl)c(-c2ccc(Cl)cc2)c1C. The Balaban J connectivity index is 1.53. The smallest absolute Gasteiger partial charge is 0.186 e. The molecule has 0 spiro atoms. The minimum Gasteiger partial charge on any atom is -0.395 e. The average Bonchev–Trinajstić information content (AvgIpc) is 3.51. The highest BCUT2D eigenvalue weighted by atomic mass is 35.5. The number of ketones is 1. The number of carbonyl (C=O) groups is 1. The first-order valence-corrected chi connectivity index (χ1v) is 15.8. The van der Waals surface area contributed by atoms with Crippen LogP contribution >= 0.6 is 57.9 Å². The Morgan fingerprint density at radius 2 is 1.97 bits per heavy atom. The molecule has 2 aliphatic rings. The first-order valence-electron chi connectivity index (χ1n) is 12.6. The van der Waals surface area contributed by atoms with E-state index in [9.17, 15) is 9.90 Å². The summed E-state index contributed by atoms with van der Waals surface area (Å²) in [5.41, 5.74) is 3.06. The van der Waals surface area contributed by atoms with Crippen molar-refractivity contribution in [1.29, 1.82) is 0 Å². The van der Waals surface area contributed by atoms with Crippen molar-refractivity contribution >= 4 is 63.7 Å². The number of nitrogens with zero attached hydrogens (tertiary/aromatic N) is 2. The third-order valence-electron chi connectivity index (χ3n) is 7.94. The fraction of sp³-hybridized carbons (Fsp3) is 0.379. The van der Waals surface area contributed by atoms with Gasteiger partial charge >= 0.3 is 0 Å². The van der Waals surface area contributed by atoms with E-state index in [2.05, 4.69) is 11.4 Å². The number of thiophene rings is 1. The molecule has 5 rings (SSSR count). The van der Waals surface area contributed by atoms with E-state index in [-0.39, 0.29) is 30.3 Å². The number of aromatic nitrogens is 2. The standard InChI is InChI=1S/C29H29Cl3N2O2S2/c1-17-26(28(36)22-10-11-23(22)29(16-35,37-2)15-21-4-3-13-38-21)33-34(25-12-9-20(31)14-24(25)32)27(17)18-5-7-19(30)8-6-18/h3-9,13-14,22-23,25,35H,10-12,15-16H2,1-2H3. The van der Waals surface area contributed by atoms with Gasteiger partial charge in [-0.25, -0.2) is 0 Å². The fourth-order valence-corrected chi connectivity index (χ4v) is 8.32. The summed E-state index contributed by atoms with van der Waals surface area (Å²) in [4.78, 5) is 15.4. The van der Waals surface area contributed by atoms with E-state index in [1.54, 1.807) is 29.2 Å². The molecule has 4 unspecified atom stereocenters. The number of aliphatic hydroxyl groups is 1. The van der Waals surface area contributed by atoms with Crippen LogP contribution < -0.4 is 0 Å². The second kappa shape index (κ2) is 11.5. The van der Waals surface area contributed by atoms with Gasteiger partial charge in [0.05, 0.1) is 18.3 Å². The molecule has 0 amide bonds. The first-order chi connectivity index (χ1) is 18.3. The van der Waals surface area contributed by atoms with Crippen molar-refractivity contribution in [3.8, 4) is 11.3 Å². The highest BCUT2D eigenvalue weighted by molar-refractivity contribution is 8.00. The van der Waals surface area contributed by atoms with E-state index >= 15 is 0 Å². The van der Waals surface area contributed by atoms with Gasteiger partial charge in [0.25, 0.3) is 0 Å². The van der Waals surface area contributed by atoms with Gasteiger partial charge in [0.15, 0.2) is 5.78 Å². The Kier molecular flexibility index (Phi) is 8.49. The molecule has 3 aromatic rings. The molecule has 0 saturated heterocycles. The number of carbonyl (C=O) groups excluding carboxylic acids is 1. The second-order valence-electron chi connectivity index (χ2n) is 9.98. The van der Waals surface area contributed by atoms with E-state index in [4.69, 9.17) is 39.9 Å². The van der Waals surface area contributed by atoms with Crippen LogP contribution in [-0.4, -0.2) is 38.3 Å². The zero-order chi connectivity index (χ0) is 27.0. The molecular weight excluding hydrogens is 579 g/mol. The van der Waals surface area contributed by atoms with Crippen molar-refractivity contribution in [1.82, 2.24) is 9.78 Å². The minimum atomic E-state index is -0.407. The molecule has 0 radical (unpaired) electrons. The number of allylic oxidation sites excluding steroid dienone is 4. The molecule has 2 aromatic heterocycles. The maximum atomic E-state index is 14.1. The summed E-state index contributed by atoms with van der Waals surface area (Å²) in [6, 6.07) is 11.4. The highest BCUT2D eigenvalue weighted by Gasteiger charge is 2.51. The molecule has 1 N–H and O–H groups in total. The van der Waals surface area contributed by atoms with Crippen molar-refractivity contribution in [2.24, 2.45) is 11.8 Å². The molecule has 38 heavy (non-hydrogen) atoms. The summed E-state index contributed by atoms with van der Waals surface area (Å²) < 4.78 is 1.47. The minimum absolute atomic E-state index is 0.0273. The third-order valence-corrected chi connectivity index (χ3v) is 11.1. The molecule has 9 heteroatoms. The van der Waals surface area contributed by atoms with E-state index < -0.39 is 4.75 Å². The number of aliphatic hydroxyl groups excluding tert-OH is 1. The first kappa shape index (κ1) is 28.0. The molecule has 4 nitrogen and oxygen atoms in total. The summed E-state index contributed by atoms with van der Waals surface area (Å²) >= 11 is 22.4. The number of hydrogen-bond acceptors (Lipinski definition) is 5. The van der Waals surface area contributed by atoms with Gasteiger partial charge < -0.3 is 5.11 Å². The van der Waals surface area contributed by atoms with Gasteiger partial charge in [-0.2, -0.15) is 16.9 Å². The Morgan fingerprint density at radius 1 is 1.21 bits per heavy atom. The molecule has 2 heterocycles. The predicted octanol–water partition coefficient (Wildman–Crippen LogP) is 8.31. The molecule has 0 bridgehead atoms. The van der Waals surface area contributed by atoms with Crippen molar-refractivity contribution in [2.75, 3.05) is 12.9 Å². The Labute approximate surface area is 246 Å². The van der Waals surface area contributed by atoms with Gasteiger partial charge in [-0.1, -0.05) is 59.1 Å². The normalized spacial score (nSPS) is 22.8. The monoisotopic (exact) mass is 606 g/mol. The lowest BCUT2D eigenvalue weighted by Gasteiger charge is -2.48. The summed E-state index contributed by atoms with van der Waals surface area (Å²) in [7, 11) is 0. The Hall–Kier alpha value is -1.54. The van der Waals surface area contributed by atoms with Crippen LogP contribution in [0.2, 0.25) is 5.02 Å². The van der Waals surface area contributed by atoms with Crippen LogP contribution in [0.5, 0.6) is 0 Å². The number of rotatable bonds is 9. The summed E-state index contributed by atoms with van der Waals surface area (Å²) in [5, 5.41) is 19.4. The second-order valence-corrected chi connectivity index (χ2v) is 13.5. The summed E-state index contributed by atoms with van der Waals surface area (Å²) in [6.07, 6.45) is 8.73. The maximum Gasteiger partial charge on any atom is 0.186 e. The lowest BCUT2D eigenvalue weighted by atomic mass is 9.63. The predicted molar refractivity (Wildman–Crippen MR) is 161 cm³/mol. The van der Waals surface area contributed by atoms with Crippen molar-refractivity contribution in [3.05, 3.63) is 85.2 Å². The van der Waals surface area contributed by atoms with Gasteiger partial charge in [0.2, 0.25) is 0 Å². The summed E-state index contributed by atoms with van der Waals surface area (Å²) in [6.45, 7) is 1.98. The molecular formula is C29H29Cl3N2O2S2. The Morgan fingerprint density at radius 3 is 2.55 bits per heavy atom. The molecule has 1 fully saturated rings. The van der Waals surface area contributed by atoms with Gasteiger partial charge in [-0.05, 0) is 74.4 Å². The van der Waals surface area contributed by atoms with Crippen LogP contribution in [0.25, 0.3) is 11.3 Å². The molecule has 1 saturated carbocycles. The molecule has 0 aliphatic heterocycles. The molecule has 1 aromatic carbocycles. The Bertz CT molecular complexity index is 1380. The zero-order valence-electron chi connectivity index (χ0n) is 21.2. The third kappa shape index (κ3) is 5.16. The van der Waals surface area contributed by atoms with Crippen LogP contribution in [-0.2, 0) is 6.42 Å². The van der Waals surface area contributed by atoms with Gasteiger partial charge in [-0.15, -0.1) is 11.3 Å². The average molecular weight is 608 g/mol. The van der Waals surface area contributed by atoms with Crippen molar-refractivity contribution in [2.45, 2.75) is 43.4 Å². The number of benzene rings is 1. The largest absolute Gasteiger partial charge is 0.395 e. The van der Waals surface area contributed by atoms with Crippen molar-refractivity contribution in [3.63, 3.8) is 0 Å². The van der Waals surface area contributed by atoms with Crippen LogP contribution in [0.3, 0.4) is 0 Å². The molecule has 4 atom stereocenters. The highest BCUT2D eigenvalue weighted by Crippen LogP contribution is 2.51. The van der Waals surface area contributed by atoms with E-state index in [0.717, 1.165) is 36.1 Å². The van der Waals surface area contributed by atoms with E-state index in [1.165, 1.54) is 4.88 Å². The zero-order valence-corrected chi connectivity index (χ0v) is 25.1. The number of thioether (sulfide) groups is 1. The van der Waals surface area contributed by atoms with Gasteiger partial charge in [0.1, 0.15) is 5.69 Å². The fourth-order valence-electron chi connectivity index (χ4n) is 5.69. The maximum absolute atomic E-state index is 14.1. The summed E-state index contributed by atoms with van der Waals surface area (Å²) in [5.74, 6) is -0.0859. The van der Waals surface area contributed by atoms with Gasteiger partial charge in [0, 0.05) is 41.8 Å². The lowest BCUT2D eigenvalue weighted by molar-refractivity contribution is 0.0562. The van der Waals surface area contributed by atoms with Crippen LogP contribution in [0.4, 0.5) is 0 Å². The molecule has 2 aliphatic carbocycles. The van der Waals surface area contributed by atoms with Crippen molar-refractivity contribution < 1.29 is 9.90 Å². The lowest BCUT2D eigenvalue weighted by Crippen LogP contribution is -2.51. The topological polar surface area (TPSA) is 55.1 Å². The number of halogens is 3. The quantitative estimate of drug-likeness (QED) is 0.249. The van der Waals surface area contributed by atoms with Gasteiger partial charge in [-0.3, -0.25) is 9.48 Å². The number of Topliss-reactive ketones (excluding diaryl/α,β-unsaturated/α-hetero) is 1. The van der Waals surface area contributed by atoms with E-state index in [0.29, 0.717) is 27.2 Å². The van der Waals surface area contributed by atoms with E-state index in [1.807, 2.05) is 54.3 Å².